The molecule has 0 unspecified atom stereocenters. The molecule has 190 valence electrons. The fraction of sp³-hybridized carbons (Fsp3) is 0.333. The molecule has 10 heteroatoms. The topological polar surface area (TPSA) is 127 Å². The van der Waals surface area contributed by atoms with Crippen LogP contribution in [-0.2, 0) is 19.2 Å². The van der Waals surface area contributed by atoms with E-state index in [1.54, 1.807) is 37.3 Å². The Morgan fingerprint density at radius 3 is 2.59 bits per heavy atom. The number of carbonyl (C=O) groups is 4. The van der Waals surface area contributed by atoms with Crippen molar-refractivity contribution in [3.8, 4) is 5.75 Å². The summed E-state index contributed by atoms with van der Waals surface area (Å²) in [6.45, 7) is 3.55. The van der Waals surface area contributed by atoms with Crippen molar-refractivity contribution in [2.75, 3.05) is 16.3 Å². The number of nitro benzene ring substituents is 1. The van der Waals surface area contributed by atoms with Gasteiger partial charge in [-0.25, -0.2) is 4.90 Å². The maximum atomic E-state index is 13.1. The fourth-order valence-corrected chi connectivity index (χ4v) is 5.36. The number of esters is 1. The van der Waals surface area contributed by atoms with E-state index in [1.165, 1.54) is 21.9 Å². The second-order valence-corrected chi connectivity index (χ2v) is 9.72. The smallest absolute Gasteiger partial charge is 0.316 e. The maximum Gasteiger partial charge on any atom is 0.316 e. The molecule has 2 aliphatic heterocycles. The quantitative estimate of drug-likeness (QED) is 0.152. The van der Waals surface area contributed by atoms with Crippen LogP contribution in [0.25, 0.3) is 0 Å². The first-order chi connectivity index (χ1) is 17.7. The van der Waals surface area contributed by atoms with E-state index in [9.17, 15) is 29.3 Å². The Bertz CT molecular complexity index is 1370. The zero-order valence-electron chi connectivity index (χ0n) is 20.3. The minimum atomic E-state index is -0.777. The Morgan fingerprint density at radius 1 is 1.08 bits per heavy atom. The van der Waals surface area contributed by atoms with Gasteiger partial charge in [0.1, 0.15) is 5.75 Å². The maximum absolute atomic E-state index is 13.1. The molecule has 10 nitrogen and oxygen atoms in total. The van der Waals surface area contributed by atoms with Gasteiger partial charge >= 0.3 is 5.97 Å². The molecule has 2 fully saturated rings. The van der Waals surface area contributed by atoms with Gasteiger partial charge in [0.2, 0.25) is 17.7 Å². The molecule has 0 spiro atoms. The Labute approximate surface area is 212 Å². The molecule has 0 aromatic heterocycles. The number of imide groups is 1. The zero-order valence-corrected chi connectivity index (χ0v) is 20.3. The van der Waals surface area contributed by atoms with Crippen molar-refractivity contribution in [1.82, 2.24) is 0 Å². The lowest BCUT2D eigenvalue weighted by Crippen LogP contribution is -2.31. The summed E-state index contributed by atoms with van der Waals surface area (Å²) in [5, 5.41) is 11.3. The highest BCUT2D eigenvalue weighted by atomic mass is 16.6. The van der Waals surface area contributed by atoms with Crippen LogP contribution in [0.4, 0.5) is 17.1 Å². The number of rotatable bonds is 5. The number of carbonyl (C=O) groups excluding carboxylic acids is 4. The van der Waals surface area contributed by atoms with E-state index in [1.807, 2.05) is 19.1 Å². The molecule has 3 aliphatic rings. The average molecular weight is 504 g/mol. The normalized spacial score (nSPS) is 25.0. The second-order valence-electron chi connectivity index (χ2n) is 9.72. The number of benzene rings is 2. The zero-order chi connectivity index (χ0) is 26.4. The van der Waals surface area contributed by atoms with E-state index < -0.39 is 28.6 Å². The Morgan fingerprint density at radius 2 is 1.86 bits per heavy atom. The third-order valence-electron chi connectivity index (χ3n) is 7.33. The van der Waals surface area contributed by atoms with Crippen LogP contribution in [-0.4, -0.2) is 35.2 Å². The van der Waals surface area contributed by atoms with Crippen molar-refractivity contribution in [2.24, 2.45) is 23.7 Å². The summed E-state index contributed by atoms with van der Waals surface area (Å²) in [6, 6.07) is 10.7. The van der Waals surface area contributed by atoms with Gasteiger partial charge in [0.25, 0.3) is 5.69 Å². The number of nitro groups is 1. The first-order valence-electron chi connectivity index (χ1n) is 12.1. The van der Waals surface area contributed by atoms with Crippen molar-refractivity contribution in [2.45, 2.75) is 26.7 Å². The number of allylic oxidation sites excluding steroid dienone is 2. The lowest BCUT2D eigenvalue weighted by Gasteiger charge is -2.22. The average Bonchev–Trinajstić information content (AvgIpc) is 3.37. The van der Waals surface area contributed by atoms with Crippen LogP contribution in [0.3, 0.4) is 0 Å². The van der Waals surface area contributed by atoms with E-state index >= 15 is 0 Å². The highest BCUT2D eigenvalue weighted by Gasteiger charge is 2.50. The van der Waals surface area contributed by atoms with Crippen LogP contribution >= 0.6 is 0 Å². The van der Waals surface area contributed by atoms with Crippen LogP contribution in [0.5, 0.6) is 5.75 Å². The SMILES string of the molecule is Cc1ccc(N2C[C@H](C(=O)Oc3cccc(N4C(=O)[C@H]5[C@H](C)C=CC[C@H]5C4=O)c3)CC2=O)cc1[N+](=O)[O-]. The van der Waals surface area contributed by atoms with E-state index in [0.29, 0.717) is 23.4 Å². The van der Waals surface area contributed by atoms with E-state index in [-0.39, 0.29) is 48.0 Å². The lowest BCUT2D eigenvalue weighted by atomic mass is 9.78. The van der Waals surface area contributed by atoms with Crippen LogP contribution < -0.4 is 14.5 Å². The Balaban J connectivity index is 1.30. The van der Waals surface area contributed by atoms with Crippen LogP contribution in [0.1, 0.15) is 25.3 Å². The number of aryl methyl sites for hydroxylation is 1. The summed E-state index contributed by atoms with van der Waals surface area (Å²) in [6.07, 6.45) is 4.30. The molecule has 2 saturated heterocycles. The number of hydrogen-bond donors (Lipinski definition) is 0. The number of hydrogen-bond acceptors (Lipinski definition) is 7. The Kier molecular flexibility index (Phi) is 6.10. The second kappa shape index (κ2) is 9.27. The molecule has 4 atom stereocenters. The van der Waals surface area contributed by atoms with Gasteiger partial charge in [-0.05, 0) is 37.5 Å². The van der Waals surface area contributed by atoms with Gasteiger partial charge < -0.3 is 9.64 Å². The summed E-state index contributed by atoms with van der Waals surface area (Å²) in [4.78, 5) is 64.9. The largest absolute Gasteiger partial charge is 0.426 e. The molecule has 0 radical (unpaired) electrons. The van der Waals surface area contributed by atoms with Crippen molar-refractivity contribution < 1.29 is 28.8 Å². The van der Waals surface area contributed by atoms with Crippen molar-refractivity contribution >= 4 is 40.8 Å². The monoisotopic (exact) mass is 503 g/mol. The van der Waals surface area contributed by atoms with Crippen LogP contribution in [0.2, 0.25) is 0 Å². The molecular weight excluding hydrogens is 478 g/mol. The summed E-state index contributed by atoms with van der Waals surface area (Å²) in [5.41, 5.74) is 1.04. The fourth-order valence-electron chi connectivity index (χ4n) is 5.36. The van der Waals surface area contributed by atoms with Gasteiger partial charge in [0, 0.05) is 30.7 Å². The Hall–Kier alpha value is -4.34. The number of fused-ring (bicyclic) bond motifs is 1. The highest BCUT2D eigenvalue weighted by molar-refractivity contribution is 6.22. The summed E-state index contributed by atoms with van der Waals surface area (Å²) in [7, 11) is 0. The lowest BCUT2D eigenvalue weighted by molar-refractivity contribution is -0.385. The molecule has 0 bridgehead atoms. The molecule has 2 heterocycles. The molecule has 1 aliphatic carbocycles. The molecular formula is C27H25N3O7. The summed E-state index contributed by atoms with van der Waals surface area (Å²) in [5.74, 6) is -2.98. The molecule has 3 amide bonds. The third-order valence-corrected chi connectivity index (χ3v) is 7.33. The van der Waals surface area contributed by atoms with Gasteiger partial charge in [-0.2, -0.15) is 0 Å². The first-order valence-corrected chi connectivity index (χ1v) is 12.1. The van der Waals surface area contributed by atoms with E-state index in [0.717, 1.165) is 0 Å². The molecule has 37 heavy (non-hydrogen) atoms. The number of anilines is 2. The third kappa shape index (κ3) is 4.28. The van der Waals surface area contributed by atoms with Gasteiger partial charge in [0.15, 0.2) is 0 Å². The standard InChI is InChI=1S/C27H25N3O7/c1-15-9-10-18(13-22(15)30(35)36)28-14-17(11-23(28)31)27(34)37-20-7-4-6-19(12-20)29-25(32)21-8-3-5-16(2)24(21)26(29)33/h3-7,9-10,12-13,16-17,21,24H,8,11,14H2,1-2H3/t16-,17-,21-,24+/m1/s1. The number of amides is 3. The van der Waals surface area contributed by atoms with Gasteiger partial charge in [0.05, 0.1) is 34.1 Å². The van der Waals surface area contributed by atoms with Crippen LogP contribution in [0, 0.1) is 40.7 Å². The van der Waals surface area contributed by atoms with Gasteiger partial charge in [-0.1, -0.05) is 31.2 Å². The molecule has 2 aromatic carbocycles. The highest BCUT2D eigenvalue weighted by Crippen LogP contribution is 2.41. The molecule has 0 saturated carbocycles. The first kappa shape index (κ1) is 24.4. The van der Waals surface area contributed by atoms with Crippen molar-refractivity contribution in [3.63, 3.8) is 0 Å². The molecule has 2 aromatic rings. The minimum absolute atomic E-state index is 0.0227. The number of ether oxygens (including phenoxy) is 1. The van der Waals surface area contributed by atoms with E-state index in [4.69, 9.17) is 4.74 Å². The predicted molar refractivity (Wildman–Crippen MR) is 133 cm³/mol. The van der Waals surface area contributed by atoms with Gasteiger partial charge in [-0.15, -0.1) is 0 Å². The minimum Gasteiger partial charge on any atom is -0.426 e. The summed E-state index contributed by atoms with van der Waals surface area (Å²) < 4.78 is 5.53. The molecule has 0 N–H and O–H groups in total. The molecule has 5 rings (SSSR count). The van der Waals surface area contributed by atoms with Crippen LogP contribution in [0.15, 0.2) is 54.6 Å². The van der Waals surface area contributed by atoms with Crippen molar-refractivity contribution in [3.05, 3.63) is 70.3 Å². The van der Waals surface area contributed by atoms with Crippen molar-refractivity contribution in [1.29, 1.82) is 0 Å². The van der Waals surface area contributed by atoms with Gasteiger partial charge in [-0.3, -0.25) is 29.3 Å². The predicted octanol–water partition coefficient (Wildman–Crippen LogP) is 3.56. The van der Waals surface area contributed by atoms with E-state index in [2.05, 4.69) is 0 Å². The summed E-state index contributed by atoms with van der Waals surface area (Å²) >= 11 is 0. The number of nitrogens with zero attached hydrogens (tertiary/aromatic N) is 3.